The number of nitrogens with zero attached hydrogens (tertiary/aromatic N) is 3. The molecule has 2 aromatic carbocycles. The van der Waals surface area contributed by atoms with Gasteiger partial charge in [0.2, 0.25) is 11.8 Å². The standard InChI is InChI=1S/C28H33N3O2/c1-5-6-13-26(32)30(20(2)3)19-27(33)31-24-11-8-7-10-23(24)29-18-9-12-25(29)28(31)22-16-14-21(4)15-17-22/h7-12,14-18,20,28H,5-6,13,19H2,1-4H3. The van der Waals surface area contributed by atoms with E-state index < -0.39 is 0 Å². The van der Waals surface area contributed by atoms with Gasteiger partial charge < -0.3 is 9.47 Å². The third-order valence-electron chi connectivity index (χ3n) is 6.37. The molecule has 0 saturated carbocycles. The summed E-state index contributed by atoms with van der Waals surface area (Å²) in [6, 6.07) is 20.1. The van der Waals surface area contributed by atoms with E-state index in [0.29, 0.717) is 6.42 Å². The van der Waals surface area contributed by atoms with Gasteiger partial charge in [0.15, 0.2) is 0 Å². The zero-order valence-electron chi connectivity index (χ0n) is 20.0. The molecule has 1 unspecified atom stereocenters. The van der Waals surface area contributed by atoms with Crippen LogP contribution in [0, 0.1) is 6.92 Å². The van der Waals surface area contributed by atoms with E-state index in [1.807, 2.05) is 55.3 Å². The van der Waals surface area contributed by atoms with Crippen molar-refractivity contribution in [3.05, 3.63) is 83.7 Å². The molecule has 5 heteroatoms. The van der Waals surface area contributed by atoms with Crippen LogP contribution in [0.25, 0.3) is 5.69 Å². The normalized spacial score (nSPS) is 14.7. The Balaban J connectivity index is 1.77. The molecular formula is C28H33N3O2. The van der Waals surface area contributed by atoms with Gasteiger partial charge in [0.25, 0.3) is 0 Å². The first kappa shape index (κ1) is 22.8. The average molecular weight is 444 g/mol. The minimum atomic E-state index is -0.261. The second-order valence-corrected chi connectivity index (χ2v) is 9.09. The fourth-order valence-corrected chi connectivity index (χ4v) is 4.58. The number of aromatic nitrogens is 1. The number of hydrogen-bond acceptors (Lipinski definition) is 2. The van der Waals surface area contributed by atoms with Crippen molar-refractivity contribution in [2.24, 2.45) is 0 Å². The first-order valence-electron chi connectivity index (χ1n) is 11.9. The lowest BCUT2D eigenvalue weighted by molar-refractivity contribution is -0.137. The Morgan fingerprint density at radius 3 is 2.33 bits per heavy atom. The fourth-order valence-electron chi connectivity index (χ4n) is 4.58. The Hall–Kier alpha value is -3.34. The first-order valence-corrected chi connectivity index (χ1v) is 11.9. The molecule has 1 aromatic heterocycles. The number of anilines is 1. The van der Waals surface area contributed by atoms with E-state index in [-0.39, 0.29) is 30.4 Å². The summed E-state index contributed by atoms with van der Waals surface area (Å²) in [6.07, 6.45) is 4.31. The predicted octanol–water partition coefficient (Wildman–Crippen LogP) is 5.65. The van der Waals surface area contributed by atoms with E-state index in [0.717, 1.165) is 35.5 Å². The zero-order valence-corrected chi connectivity index (χ0v) is 20.0. The van der Waals surface area contributed by atoms with E-state index in [2.05, 4.69) is 48.7 Å². The largest absolute Gasteiger partial charge is 0.331 e. The molecule has 0 radical (unpaired) electrons. The molecule has 0 spiro atoms. The second kappa shape index (κ2) is 9.65. The third-order valence-corrected chi connectivity index (χ3v) is 6.37. The van der Waals surface area contributed by atoms with Gasteiger partial charge in [0, 0.05) is 18.7 Å². The summed E-state index contributed by atoms with van der Waals surface area (Å²) >= 11 is 0. The van der Waals surface area contributed by atoms with Crippen molar-refractivity contribution in [1.82, 2.24) is 9.47 Å². The van der Waals surface area contributed by atoms with E-state index in [4.69, 9.17) is 0 Å². The number of rotatable bonds is 7. The summed E-state index contributed by atoms with van der Waals surface area (Å²) in [5.74, 6) is -0.0280. The van der Waals surface area contributed by atoms with Crippen LogP contribution in [0.1, 0.15) is 62.9 Å². The van der Waals surface area contributed by atoms with Gasteiger partial charge in [0.1, 0.15) is 12.6 Å². The number of benzene rings is 2. The topological polar surface area (TPSA) is 45.6 Å². The molecule has 0 aliphatic carbocycles. The smallest absolute Gasteiger partial charge is 0.247 e. The highest BCUT2D eigenvalue weighted by atomic mass is 16.2. The van der Waals surface area contributed by atoms with Gasteiger partial charge >= 0.3 is 0 Å². The number of carbonyl (C=O) groups is 2. The number of amides is 2. The molecule has 1 aliphatic rings. The lowest BCUT2D eigenvalue weighted by Crippen LogP contribution is -2.48. The van der Waals surface area contributed by atoms with Crippen molar-refractivity contribution in [2.45, 2.75) is 59.0 Å². The molecule has 0 fully saturated rings. The molecule has 172 valence electrons. The van der Waals surface area contributed by atoms with Gasteiger partial charge in [-0.15, -0.1) is 0 Å². The van der Waals surface area contributed by atoms with Crippen LogP contribution in [0.3, 0.4) is 0 Å². The van der Waals surface area contributed by atoms with Crippen molar-refractivity contribution in [3.8, 4) is 5.69 Å². The molecule has 5 nitrogen and oxygen atoms in total. The van der Waals surface area contributed by atoms with Crippen LogP contribution in [0.4, 0.5) is 5.69 Å². The van der Waals surface area contributed by atoms with Gasteiger partial charge in [-0.2, -0.15) is 0 Å². The number of fused-ring (bicyclic) bond motifs is 3. The predicted molar refractivity (Wildman–Crippen MR) is 133 cm³/mol. The van der Waals surface area contributed by atoms with Crippen LogP contribution in [0.2, 0.25) is 0 Å². The molecular weight excluding hydrogens is 410 g/mol. The second-order valence-electron chi connectivity index (χ2n) is 9.09. The van der Waals surface area contributed by atoms with Crippen LogP contribution in [-0.4, -0.2) is 33.9 Å². The molecule has 0 saturated heterocycles. The van der Waals surface area contributed by atoms with Gasteiger partial charge in [-0.1, -0.05) is 55.3 Å². The number of hydrogen-bond donors (Lipinski definition) is 0. The van der Waals surface area contributed by atoms with Crippen LogP contribution < -0.4 is 4.90 Å². The fraction of sp³-hybridized carbons (Fsp3) is 0.357. The number of carbonyl (C=O) groups excluding carboxylic acids is 2. The quantitative estimate of drug-likeness (QED) is 0.474. The third kappa shape index (κ3) is 4.45. The summed E-state index contributed by atoms with van der Waals surface area (Å²) in [7, 11) is 0. The molecule has 33 heavy (non-hydrogen) atoms. The molecule has 3 aromatic rings. The molecule has 4 rings (SSSR count). The Labute approximate surface area is 196 Å². The van der Waals surface area contributed by atoms with Crippen LogP contribution in [0.5, 0.6) is 0 Å². The zero-order chi connectivity index (χ0) is 23.5. The van der Waals surface area contributed by atoms with Crippen molar-refractivity contribution >= 4 is 17.5 Å². The van der Waals surface area contributed by atoms with E-state index in [9.17, 15) is 9.59 Å². The van der Waals surface area contributed by atoms with Crippen molar-refractivity contribution < 1.29 is 9.59 Å². The van der Waals surface area contributed by atoms with Crippen LogP contribution >= 0.6 is 0 Å². The van der Waals surface area contributed by atoms with E-state index in [1.54, 1.807) is 4.90 Å². The number of aryl methyl sites for hydroxylation is 1. The lowest BCUT2D eigenvalue weighted by atomic mass is 9.97. The van der Waals surface area contributed by atoms with Crippen LogP contribution in [-0.2, 0) is 9.59 Å². The van der Waals surface area contributed by atoms with Gasteiger partial charge in [-0.05, 0) is 57.0 Å². The molecule has 2 heterocycles. The summed E-state index contributed by atoms with van der Waals surface area (Å²) in [5, 5.41) is 0. The Morgan fingerprint density at radius 1 is 0.970 bits per heavy atom. The monoisotopic (exact) mass is 443 g/mol. The minimum absolute atomic E-state index is 0.0416. The molecule has 0 bridgehead atoms. The van der Waals surface area contributed by atoms with Crippen molar-refractivity contribution in [2.75, 3.05) is 11.4 Å². The van der Waals surface area contributed by atoms with Gasteiger partial charge in [-0.3, -0.25) is 14.5 Å². The summed E-state index contributed by atoms with van der Waals surface area (Å²) in [6.45, 7) is 8.16. The maximum atomic E-state index is 14.0. The first-order chi connectivity index (χ1) is 15.9. The molecule has 1 atom stereocenters. The van der Waals surface area contributed by atoms with Crippen molar-refractivity contribution in [3.63, 3.8) is 0 Å². The SMILES string of the molecule is CCCCC(=O)N(CC(=O)N1c2ccccc2-n2cccc2C1c1ccc(C)cc1)C(C)C. The maximum Gasteiger partial charge on any atom is 0.247 e. The minimum Gasteiger partial charge on any atom is -0.331 e. The Kier molecular flexibility index (Phi) is 6.68. The van der Waals surface area contributed by atoms with E-state index in [1.165, 1.54) is 5.56 Å². The summed E-state index contributed by atoms with van der Waals surface area (Å²) in [5.41, 5.74) is 5.11. The van der Waals surface area contributed by atoms with Crippen LogP contribution in [0.15, 0.2) is 66.9 Å². The van der Waals surface area contributed by atoms with Gasteiger partial charge in [-0.25, -0.2) is 0 Å². The Bertz CT molecular complexity index is 1130. The summed E-state index contributed by atoms with van der Waals surface area (Å²) in [4.78, 5) is 30.5. The average Bonchev–Trinajstić information content (AvgIpc) is 3.30. The molecule has 2 amide bonds. The molecule has 0 N–H and O–H groups in total. The Morgan fingerprint density at radius 2 is 1.67 bits per heavy atom. The number of unbranched alkanes of at least 4 members (excludes halogenated alkanes) is 1. The lowest BCUT2D eigenvalue weighted by Gasteiger charge is -2.40. The molecule has 1 aliphatic heterocycles. The maximum absolute atomic E-state index is 14.0. The number of para-hydroxylation sites is 2. The van der Waals surface area contributed by atoms with Gasteiger partial charge in [0.05, 0.1) is 17.1 Å². The summed E-state index contributed by atoms with van der Waals surface area (Å²) < 4.78 is 2.16. The highest BCUT2D eigenvalue weighted by Crippen LogP contribution is 2.42. The van der Waals surface area contributed by atoms with E-state index >= 15 is 0 Å². The van der Waals surface area contributed by atoms with Crippen molar-refractivity contribution in [1.29, 1.82) is 0 Å². The highest BCUT2D eigenvalue weighted by molar-refractivity contribution is 6.00. The highest BCUT2D eigenvalue weighted by Gasteiger charge is 2.37.